The Morgan fingerprint density at radius 1 is 0.686 bits per heavy atom. The lowest BCUT2D eigenvalue weighted by molar-refractivity contribution is 0.0487. The molecule has 3 N–H and O–H groups in total. The number of ether oxygens (including phenoxy) is 1. The van der Waals surface area contributed by atoms with Crippen LogP contribution in [-0.4, -0.2) is 38.1 Å². The van der Waals surface area contributed by atoms with Gasteiger partial charge in [0.1, 0.15) is 17.3 Å². The molecule has 0 aliphatic rings. The minimum atomic E-state index is -1.47. The van der Waals surface area contributed by atoms with E-state index in [9.17, 15) is 24.9 Å². The average Bonchev–Trinajstić information content (AvgIpc) is 2.83. The number of Topliss-reactive ketones (excluding diaryl/α,β-unsaturated/α-hetero) is 2. The van der Waals surface area contributed by atoms with Gasteiger partial charge in [0.05, 0.1) is 13.2 Å². The monoisotopic (exact) mass is 476 g/mol. The van der Waals surface area contributed by atoms with Gasteiger partial charge in [-0.2, -0.15) is 0 Å². The number of hydrogen-bond donors (Lipinski definition) is 3. The smallest absolute Gasteiger partial charge is 0.193 e. The number of aliphatic hydroxyl groups is 3. The molecule has 0 radical (unpaired) electrons. The number of aliphatic hydroxyl groups excluding tert-OH is 1. The Morgan fingerprint density at radius 2 is 1.06 bits per heavy atom. The molecule has 0 unspecified atom stereocenters. The van der Waals surface area contributed by atoms with E-state index in [-0.39, 0.29) is 18.2 Å². The van der Waals surface area contributed by atoms with Crippen molar-refractivity contribution in [1.29, 1.82) is 0 Å². The van der Waals surface area contributed by atoms with Gasteiger partial charge in [0.25, 0.3) is 0 Å². The molecule has 3 aromatic rings. The second-order valence-corrected chi connectivity index (χ2v) is 9.69. The third-order valence-electron chi connectivity index (χ3n) is 5.68. The lowest BCUT2D eigenvalue weighted by Crippen LogP contribution is -2.31. The van der Waals surface area contributed by atoms with Crippen LogP contribution >= 0.6 is 0 Å². The van der Waals surface area contributed by atoms with Gasteiger partial charge in [-0.25, -0.2) is 0 Å². The summed E-state index contributed by atoms with van der Waals surface area (Å²) >= 11 is 0. The first-order valence-corrected chi connectivity index (χ1v) is 11.4. The summed E-state index contributed by atoms with van der Waals surface area (Å²) in [5.41, 5.74) is 1.18. The lowest BCUT2D eigenvalue weighted by atomic mass is 9.92. The van der Waals surface area contributed by atoms with Crippen LogP contribution in [0, 0.1) is 0 Å². The summed E-state index contributed by atoms with van der Waals surface area (Å²) in [7, 11) is 0. The van der Waals surface area contributed by atoms with Gasteiger partial charge in [-0.1, -0.05) is 72.8 Å². The van der Waals surface area contributed by atoms with Crippen LogP contribution in [-0.2, 0) is 18.0 Å². The SMILES string of the molecule is CC(C)(O)C(=O)c1ccc(C(OCc2ccc(CO)cc2)c2ccc(C(=O)C(C)(C)O)cc2)cc1. The molecule has 0 aromatic heterocycles. The second kappa shape index (κ2) is 10.6. The van der Waals surface area contributed by atoms with E-state index >= 15 is 0 Å². The summed E-state index contributed by atoms with van der Waals surface area (Å²) in [6, 6.07) is 21.2. The Morgan fingerprint density at radius 3 is 1.40 bits per heavy atom. The Kier molecular flexibility index (Phi) is 8.03. The first-order chi connectivity index (χ1) is 16.4. The fourth-order valence-electron chi connectivity index (χ4n) is 3.63. The van der Waals surface area contributed by atoms with Crippen LogP contribution in [0.2, 0.25) is 0 Å². The molecule has 0 saturated heterocycles. The van der Waals surface area contributed by atoms with Crippen molar-refractivity contribution < 1.29 is 29.6 Å². The van der Waals surface area contributed by atoms with E-state index in [1.165, 1.54) is 27.7 Å². The molecule has 0 atom stereocenters. The highest BCUT2D eigenvalue weighted by Crippen LogP contribution is 2.29. The van der Waals surface area contributed by atoms with Gasteiger partial charge in [0.2, 0.25) is 0 Å². The van der Waals surface area contributed by atoms with Crippen molar-refractivity contribution in [3.8, 4) is 0 Å². The molecular formula is C29H32O6. The van der Waals surface area contributed by atoms with Crippen molar-refractivity contribution >= 4 is 11.6 Å². The number of carbonyl (C=O) groups excluding carboxylic acids is 2. The predicted molar refractivity (Wildman–Crippen MR) is 133 cm³/mol. The summed E-state index contributed by atoms with van der Waals surface area (Å²) in [6.45, 7) is 6.07. The highest BCUT2D eigenvalue weighted by Gasteiger charge is 2.27. The van der Waals surface area contributed by atoms with Crippen LogP contribution < -0.4 is 0 Å². The summed E-state index contributed by atoms with van der Waals surface area (Å²) in [6.07, 6.45) is -0.495. The largest absolute Gasteiger partial charge is 0.392 e. The van der Waals surface area contributed by atoms with Gasteiger partial charge >= 0.3 is 0 Å². The normalized spacial score (nSPS) is 12.1. The lowest BCUT2D eigenvalue weighted by Gasteiger charge is -2.21. The molecule has 3 rings (SSSR count). The van der Waals surface area contributed by atoms with Crippen LogP contribution in [0.1, 0.15) is 76.8 Å². The first kappa shape index (κ1) is 26.4. The van der Waals surface area contributed by atoms with Crippen molar-refractivity contribution in [2.75, 3.05) is 0 Å². The number of hydrogen-bond acceptors (Lipinski definition) is 6. The zero-order valence-electron chi connectivity index (χ0n) is 20.5. The van der Waals surface area contributed by atoms with Crippen LogP contribution in [0.25, 0.3) is 0 Å². The maximum Gasteiger partial charge on any atom is 0.193 e. The Bertz CT molecular complexity index is 1080. The number of rotatable bonds is 10. The van der Waals surface area contributed by atoms with Crippen LogP contribution in [0.15, 0.2) is 72.8 Å². The van der Waals surface area contributed by atoms with Gasteiger partial charge in [-0.15, -0.1) is 0 Å². The minimum Gasteiger partial charge on any atom is -0.392 e. The first-order valence-electron chi connectivity index (χ1n) is 11.4. The standard InChI is InChI=1S/C29H32O6/c1-28(2,33)26(31)23-13-9-21(10-14-23)25(35-18-20-7-5-19(17-30)6-8-20)22-11-15-24(16-12-22)27(32)29(3,4)34/h5-16,25,30,33-34H,17-18H2,1-4H3. The van der Waals surface area contributed by atoms with Crippen molar-refractivity contribution in [2.24, 2.45) is 0 Å². The maximum atomic E-state index is 12.4. The highest BCUT2D eigenvalue weighted by atomic mass is 16.5. The van der Waals surface area contributed by atoms with Gasteiger partial charge in [-0.05, 0) is 49.9 Å². The average molecular weight is 477 g/mol. The van der Waals surface area contributed by atoms with E-state index in [1.54, 1.807) is 48.5 Å². The third kappa shape index (κ3) is 6.71. The van der Waals surface area contributed by atoms with Crippen molar-refractivity contribution in [3.05, 3.63) is 106 Å². The summed E-state index contributed by atoms with van der Waals surface area (Å²) in [5, 5.41) is 29.3. The molecule has 3 aromatic carbocycles. The number of ketones is 2. The molecule has 0 amide bonds. The fourth-order valence-corrected chi connectivity index (χ4v) is 3.63. The van der Waals surface area contributed by atoms with Gasteiger partial charge in [0.15, 0.2) is 11.6 Å². The second-order valence-electron chi connectivity index (χ2n) is 9.69. The zero-order valence-corrected chi connectivity index (χ0v) is 20.5. The molecule has 0 fully saturated rings. The van der Waals surface area contributed by atoms with E-state index in [0.717, 1.165) is 22.3 Å². The van der Waals surface area contributed by atoms with Crippen molar-refractivity contribution in [3.63, 3.8) is 0 Å². The van der Waals surface area contributed by atoms with Crippen LogP contribution in [0.3, 0.4) is 0 Å². The Hall–Kier alpha value is -3.16. The van der Waals surface area contributed by atoms with E-state index in [4.69, 9.17) is 4.74 Å². The maximum absolute atomic E-state index is 12.4. The highest BCUT2D eigenvalue weighted by molar-refractivity contribution is 6.02. The molecule has 0 heterocycles. The van der Waals surface area contributed by atoms with E-state index in [1.807, 2.05) is 24.3 Å². The fraction of sp³-hybridized carbons (Fsp3) is 0.310. The van der Waals surface area contributed by atoms with Gasteiger partial charge in [0, 0.05) is 11.1 Å². The van der Waals surface area contributed by atoms with Crippen molar-refractivity contribution in [2.45, 2.75) is 58.2 Å². The summed E-state index contributed by atoms with van der Waals surface area (Å²) < 4.78 is 6.28. The van der Waals surface area contributed by atoms with E-state index in [2.05, 4.69) is 0 Å². The van der Waals surface area contributed by atoms with E-state index < -0.39 is 17.3 Å². The molecule has 6 heteroatoms. The quantitative estimate of drug-likeness (QED) is 0.375. The molecule has 184 valence electrons. The topological polar surface area (TPSA) is 104 Å². The molecule has 0 saturated carbocycles. The summed E-state index contributed by atoms with van der Waals surface area (Å²) in [5.74, 6) is -0.750. The van der Waals surface area contributed by atoms with Crippen molar-refractivity contribution in [1.82, 2.24) is 0 Å². The molecule has 0 bridgehead atoms. The Balaban J connectivity index is 1.91. The number of benzene rings is 3. The molecule has 35 heavy (non-hydrogen) atoms. The number of carbonyl (C=O) groups is 2. The van der Waals surface area contributed by atoms with E-state index in [0.29, 0.717) is 17.7 Å². The predicted octanol–water partition coefficient (Wildman–Crippen LogP) is 4.39. The molecular weight excluding hydrogens is 444 g/mol. The molecule has 6 nitrogen and oxygen atoms in total. The summed E-state index contributed by atoms with van der Waals surface area (Å²) in [4.78, 5) is 24.8. The molecule has 0 spiro atoms. The molecule has 0 aliphatic heterocycles. The minimum absolute atomic E-state index is 0.0325. The third-order valence-corrected chi connectivity index (χ3v) is 5.68. The van der Waals surface area contributed by atoms with Crippen LogP contribution in [0.4, 0.5) is 0 Å². The van der Waals surface area contributed by atoms with Gasteiger partial charge < -0.3 is 20.1 Å². The van der Waals surface area contributed by atoms with Gasteiger partial charge in [-0.3, -0.25) is 9.59 Å². The van der Waals surface area contributed by atoms with Crippen LogP contribution in [0.5, 0.6) is 0 Å². The molecule has 0 aliphatic carbocycles. The zero-order chi connectivity index (χ0) is 25.8. The Labute approximate surface area is 205 Å².